The first kappa shape index (κ1) is 21.5. The number of para-hydroxylation sites is 1. The Morgan fingerprint density at radius 2 is 1.81 bits per heavy atom. The zero-order chi connectivity index (χ0) is 24.6. The lowest BCUT2D eigenvalue weighted by molar-refractivity contribution is -0.384. The number of nitrogens with zero attached hydrogens (tertiary/aromatic N) is 6. The van der Waals surface area contributed by atoms with Gasteiger partial charge in [0.2, 0.25) is 5.88 Å². The Morgan fingerprint density at radius 3 is 2.53 bits per heavy atom. The molecule has 1 aliphatic rings. The largest absolute Gasteiger partial charge is 0.496 e. The lowest BCUT2D eigenvalue weighted by Gasteiger charge is -2.16. The second-order valence-corrected chi connectivity index (χ2v) is 8.24. The van der Waals surface area contributed by atoms with Crippen LogP contribution < -0.4 is 9.47 Å². The molecular weight excluding hydrogens is 460 g/mol. The minimum Gasteiger partial charge on any atom is -0.496 e. The van der Waals surface area contributed by atoms with E-state index in [1.165, 1.54) is 19.2 Å². The van der Waals surface area contributed by atoms with E-state index in [1.54, 1.807) is 10.7 Å². The topological polar surface area (TPSA) is 110 Å². The Bertz CT molecular complexity index is 1560. The Labute approximate surface area is 205 Å². The number of hydrogen-bond acceptors (Lipinski definition) is 7. The summed E-state index contributed by atoms with van der Waals surface area (Å²) in [6.45, 7) is 0.157. The number of hydrogen-bond donors (Lipinski definition) is 0. The van der Waals surface area contributed by atoms with Crippen molar-refractivity contribution in [2.45, 2.75) is 12.6 Å². The van der Waals surface area contributed by atoms with Gasteiger partial charge in [-0.05, 0) is 23.8 Å². The van der Waals surface area contributed by atoms with E-state index in [4.69, 9.17) is 14.6 Å². The molecule has 1 unspecified atom stereocenters. The monoisotopic (exact) mass is 480 g/mol. The molecule has 0 amide bonds. The summed E-state index contributed by atoms with van der Waals surface area (Å²) < 4.78 is 15.3. The minimum atomic E-state index is -0.461. The number of non-ortho nitro benzene ring substituents is 1. The first-order valence-corrected chi connectivity index (χ1v) is 11.2. The quantitative estimate of drug-likeness (QED) is 0.267. The average Bonchev–Trinajstić information content (AvgIpc) is 3.50. The number of fused-ring (bicyclic) bond motifs is 2. The number of benzene rings is 3. The van der Waals surface area contributed by atoms with Crippen LogP contribution in [0.3, 0.4) is 0 Å². The van der Waals surface area contributed by atoms with Crippen LogP contribution in [0.15, 0.2) is 85.1 Å². The molecule has 10 nitrogen and oxygen atoms in total. The van der Waals surface area contributed by atoms with Crippen molar-refractivity contribution < 1.29 is 14.4 Å². The maximum Gasteiger partial charge on any atom is 0.273 e. The molecule has 0 saturated carbocycles. The van der Waals surface area contributed by atoms with Gasteiger partial charge >= 0.3 is 0 Å². The molecule has 0 N–H and O–H groups in total. The second kappa shape index (κ2) is 8.66. The van der Waals surface area contributed by atoms with E-state index < -0.39 is 4.92 Å². The molecule has 0 radical (unpaired) electrons. The van der Waals surface area contributed by atoms with Crippen molar-refractivity contribution in [3.63, 3.8) is 0 Å². The molecule has 5 aromatic rings. The predicted molar refractivity (Wildman–Crippen MR) is 130 cm³/mol. The van der Waals surface area contributed by atoms with Gasteiger partial charge < -0.3 is 9.47 Å². The molecule has 36 heavy (non-hydrogen) atoms. The van der Waals surface area contributed by atoms with E-state index in [9.17, 15) is 10.1 Å². The zero-order valence-electron chi connectivity index (χ0n) is 19.2. The van der Waals surface area contributed by atoms with Crippen LogP contribution in [0.25, 0.3) is 16.9 Å². The highest BCUT2D eigenvalue weighted by Gasteiger charge is 2.33. The number of nitro benzene ring substituents is 1. The molecular formula is C26H20N6O4. The molecule has 2 aromatic heterocycles. The number of rotatable bonds is 5. The summed E-state index contributed by atoms with van der Waals surface area (Å²) in [4.78, 5) is 10.8. The van der Waals surface area contributed by atoms with Crippen LogP contribution in [0.5, 0.6) is 11.6 Å². The molecule has 178 valence electrons. The SMILES string of the molecule is COc1cc([N+](=O)[O-])ccc1-c1nnn2c1COc1nn(-c3ccccc3)cc1C2c1ccccc1. The molecule has 6 rings (SSSR count). The van der Waals surface area contributed by atoms with Crippen molar-refractivity contribution in [1.29, 1.82) is 0 Å². The summed E-state index contributed by atoms with van der Waals surface area (Å²) in [6.07, 6.45) is 1.95. The summed E-state index contributed by atoms with van der Waals surface area (Å²) in [5.74, 6) is 0.833. The average molecular weight is 480 g/mol. The fraction of sp³-hybridized carbons (Fsp3) is 0.115. The molecule has 10 heteroatoms. The van der Waals surface area contributed by atoms with E-state index in [2.05, 4.69) is 10.3 Å². The minimum absolute atomic E-state index is 0.0673. The number of nitro groups is 1. The van der Waals surface area contributed by atoms with Gasteiger partial charge in [0.25, 0.3) is 5.69 Å². The summed E-state index contributed by atoms with van der Waals surface area (Å²) in [7, 11) is 1.47. The zero-order valence-corrected chi connectivity index (χ0v) is 19.2. The third-order valence-corrected chi connectivity index (χ3v) is 6.17. The molecule has 3 aromatic carbocycles. The number of ether oxygens (including phenoxy) is 2. The first-order valence-electron chi connectivity index (χ1n) is 11.2. The maximum absolute atomic E-state index is 11.3. The Morgan fingerprint density at radius 1 is 1.06 bits per heavy atom. The van der Waals surface area contributed by atoms with Crippen LogP contribution in [0.4, 0.5) is 5.69 Å². The molecule has 1 atom stereocenters. The summed E-state index contributed by atoms with van der Waals surface area (Å²) >= 11 is 0. The van der Waals surface area contributed by atoms with Crippen LogP contribution in [0.2, 0.25) is 0 Å². The van der Waals surface area contributed by atoms with Gasteiger partial charge in [0.1, 0.15) is 29.8 Å². The summed E-state index contributed by atoms with van der Waals surface area (Å²) in [5.41, 5.74) is 4.51. The standard InChI is InChI=1S/C26H20N6O4/c1-35-23-14-19(32(33)34)12-13-20(23)24-22-16-36-26-21(15-30(28-26)18-10-6-3-7-11-18)25(31(22)29-27-24)17-8-4-2-5-9-17/h2-15,25H,16H2,1H3. The Kier molecular flexibility index (Phi) is 5.18. The highest BCUT2D eigenvalue weighted by molar-refractivity contribution is 5.71. The molecule has 1 aliphatic heterocycles. The summed E-state index contributed by atoms with van der Waals surface area (Å²) in [5, 5.41) is 25.0. The van der Waals surface area contributed by atoms with Gasteiger partial charge in [-0.15, -0.1) is 10.2 Å². The van der Waals surface area contributed by atoms with Gasteiger partial charge in [-0.1, -0.05) is 53.7 Å². The molecule has 0 spiro atoms. The van der Waals surface area contributed by atoms with Crippen molar-refractivity contribution in [2.75, 3.05) is 7.11 Å². The van der Waals surface area contributed by atoms with Gasteiger partial charge in [0, 0.05) is 17.8 Å². The van der Waals surface area contributed by atoms with E-state index >= 15 is 0 Å². The molecule has 3 heterocycles. The fourth-order valence-corrected chi connectivity index (χ4v) is 4.46. The van der Waals surface area contributed by atoms with E-state index in [0.29, 0.717) is 28.6 Å². The Hall–Kier alpha value is -4.99. The van der Waals surface area contributed by atoms with Gasteiger partial charge in [0.05, 0.1) is 29.4 Å². The van der Waals surface area contributed by atoms with Gasteiger partial charge in [0.15, 0.2) is 0 Å². The maximum atomic E-state index is 11.3. The normalized spacial score (nSPS) is 14.3. The number of aromatic nitrogens is 5. The lowest BCUT2D eigenvalue weighted by atomic mass is 10.0. The van der Waals surface area contributed by atoms with Crippen molar-refractivity contribution in [2.24, 2.45) is 0 Å². The van der Waals surface area contributed by atoms with Gasteiger partial charge in [-0.2, -0.15) is 0 Å². The van der Waals surface area contributed by atoms with Crippen molar-refractivity contribution in [3.8, 4) is 28.6 Å². The van der Waals surface area contributed by atoms with E-state index in [0.717, 1.165) is 16.8 Å². The van der Waals surface area contributed by atoms with Gasteiger partial charge in [-0.25, -0.2) is 9.36 Å². The highest BCUT2D eigenvalue weighted by atomic mass is 16.6. The van der Waals surface area contributed by atoms with Gasteiger partial charge in [-0.3, -0.25) is 10.1 Å². The molecule has 0 saturated heterocycles. The first-order chi connectivity index (χ1) is 17.6. The molecule has 0 aliphatic carbocycles. The third kappa shape index (κ3) is 3.56. The molecule has 0 bridgehead atoms. The highest BCUT2D eigenvalue weighted by Crippen LogP contribution is 2.40. The van der Waals surface area contributed by atoms with Crippen LogP contribution >= 0.6 is 0 Å². The van der Waals surface area contributed by atoms with Crippen LogP contribution in [0.1, 0.15) is 22.9 Å². The Balaban J connectivity index is 1.51. The van der Waals surface area contributed by atoms with Crippen LogP contribution in [0, 0.1) is 10.1 Å². The van der Waals surface area contributed by atoms with Crippen LogP contribution in [-0.2, 0) is 6.61 Å². The molecule has 0 fully saturated rings. The lowest BCUT2D eigenvalue weighted by Crippen LogP contribution is -2.15. The smallest absolute Gasteiger partial charge is 0.273 e. The predicted octanol–water partition coefficient (Wildman–Crippen LogP) is 4.58. The number of methoxy groups -OCH3 is 1. The van der Waals surface area contributed by atoms with E-state index in [-0.39, 0.29) is 18.3 Å². The van der Waals surface area contributed by atoms with Crippen molar-refractivity contribution >= 4 is 5.69 Å². The second-order valence-electron chi connectivity index (χ2n) is 8.24. The fourth-order valence-electron chi connectivity index (χ4n) is 4.46. The van der Waals surface area contributed by atoms with Crippen molar-refractivity contribution in [1.82, 2.24) is 24.8 Å². The van der Waals surface area contributed by atoms with Crippen LogP contribution in [-0.4, -0.2) is 36.8 Å². The summed E-state index contributed by atoms with van der Waals surface area (Å²) in [6, 6.07) is 23.9. The third-order valence-electron chi connectivity index (χ3n) is 6.17. The van der Waals surface area contributed by atoms with E-state index in [1.807, 2.05) is 71.5 Å². The van der Waals surface area contributed by atoms with Crippen molar-refractivity contribution in [3.05, 3.63) is 112 Å².